The fraction of sp³-hybridized carbons (Fsp3) is 0.300. The standard InChI is InChI=1S/C30H30N2O4S/c1-18-9-14-27(36-5)24(15-18)30(16-25(30)22-12-10-19(2)31-21(22)4)29(33)17-37(34,35)28-8-6-7-26-23(28)13-11-20(3)32-26/h6-15,25H,16-17H2,1-5H3/t25-,30-/m1/s1. The molecule has 5 rings (SSSR count). The number of sulfone groups is 1. The lowest BCUT2D eigenvalue weighted by molar-refractivity contribution is -0.119. The zero-order chi connectivity index (χ0) is 26.5. The van der Waals surface area contributed by atoms with Crippen LogP contribution in [0.2, 0.25) is 0 Å². The lowest BCUT2D eigenvalue weighted by atomic mass is 9.85. The van der Waals surface area contributed by atoms with Gasteiger partial charge in [0.05, 0.1) is 22.9 Å². The Morgan fingerprint density at radius 1 is 0.973 bits per heavy atom. The van der Waals surface area contributed by atoms with Gasteiger partial charge in [-0.25, -0.2) is 8.42 Å². The third-order valence-electron chi connectivity index (χ3n) is 7.42. The molecule has 2 heterocycles. The molecular formula is C30H30N2O4S. The number of hydrogen-bond acceptors (Lipinski definition) is 6. The number of rotatable bonds is 7. The Hall–Kier alpha value is -3.58. The normalized spacial score (nSPS) is 19.1. The van der Waals surface area contributed by atoms with E-state index in [1.807, 2.05) is 58.0 Å². The van der Waals surface area contributed by atoms with Crippen molar-refractivity contribution in [2.75, 3.05) is 12.9 Å². The van der Waals surface area contributed by atoms with Gasteiger partial charge in [-0.3, -0.25) is 14.8 Å². The molecule has 6 nitrogen and oxygen atoms in total. The Balaban J connectivity index is 1.61. The molecule has 2 aromatic heterocycles. The summed E-state index contributed by atoms with van der Waals surface area (Å²) in [5, 5.41) is 0.522. The van der Waals surface area contributed by atoms with Gasteiger partial charge in [0.15, 0.2) is 15.6 Å². The van der Waals surface area contributed by atoms with Crippen LogP contribution in [0.15, 0.2) is 65.6 Å². The van der Waals surface area contributed by atoms with Gasteiger partial charge >= 0.3 is 0 Å². The van der Waals surface area contributed by atoms with Crippen LogP contribution in [0.1, 0.15) is 46.1 Å². The molecule has 0 N–H and O–H groups in total. The lowest BCUT2D eigenvalue weighted by Crippen LogP contribution is -2.30. The average molecular weight is 515 g/mol. The predicted octanol–water partition coefficient (Wildman–Crippen LogP) is 5.34. The van der Waals surface area contributed by atoms with Gasteiger partial charge in [0.2, 0.25) is 0 Å². The van der Waals surface area contributed by atoms with Crippen molar-refractivity contribution in [2.24, 2.45) is 0 Å². The number of pyridine rings is 2. The molecule has 4 aromatic rings. The van der Waals surface area contributed by atoms with Crippen molar-refractivity contribution in [3.8, 4) is 5.75 Å². The van der Waals surface area contributed by atoms with Gasteiger partial charge in [-0.15, -0.1) is 0 Å². The Morgan fingerprint density at radius 2 is 1.70 bits per heavy atom. The van der Waals surface area contributed by atoms with Gasteiger partial charge in [0.1, 0.15) is 11.5 Å². The Bertz CT molecular complexity index is 1660. The van der Waals surface area contributed by atoms with Gasteiger partial charge in [-0.05, 0) is 76.1 Å². The molecule has 2 atom stereocenters. The SMILES string of the molecule is COc1ccc(C)cc1[C@]1(C(=O)CS(=O)(=O)c2cccc3nc(C)ccc23)C[C@@H]1c1ccc(C)nc1C. The summed E-state index contributed by atoms with van der Waals surface area (Å²) in [5.74, 6) is -0.540. The third-order valence-corrected chi connectivity index (χ3v) is 9.09. The number of nitrogens with zero attached hydrogens (tertiary/aromatic N) is 2. The number of methoxy groups -OCH3 is 1. The molecule has 1 fully saturated rings. The molecule has 7 heteroatoms. The van der Waals surface area contributed by atoms with E-state index in [9.17, 15) is 13.2 Å². The molecule has 1 saturated carbocycles. The van der Waals surface area contributed by atoms with Gasteiger partial charge in [0.25, 0.3) is 0 Å². The fourth-order valence-corrected chi connectivity index (χ4v) is 7.06. The Morgan fingerprint density at radius 3 is 2.43 bits per heavy atom. The molecule has 2 aromatic carbocycles. The maximum absolute atomic E-state index is 14.2. The number of Topliss-reactive ketones (excluding diaryl/α,β-unsaturated/α-hetero) is 1. The summed E-state index contributed by atoms with van der Waals surface area (Å²) in [6.07, 6.45) is 0.503. The molecule has 190 valence electrons. The van der Waals surface area contributed by atoms with E-state index < -0.39 is 21.0 Å². The van der Waals surface area contributed by atoms with E-state index in [0.29, 0.717) is 23.1 Å². The zero-order valence-corrected chi connectivity index (χ0v) is 22.5. The largest absolute Gasteiger partial charge is 0.496 e. The van der Waals surface area contributed by atoms with E-state index in [-0.39, 0.29) is 16.6 Å². The van der Waals surface area contributed by atoms with Crippen molar-refractivity contribution in [1.29, 1.82) is 0 Å². The van der Waals surface area contributed by atoms with Crippen LogP contribution in [0.5, 0.6) is 5.75 Å². The van der Waals surface area contributed by atoms with Gasteiger partial charge < -0.3 is 4.74 Å². The minimum atomic E-state index is -3.95. The first-order valence-corrected chi connectivity index (χ1v) is 13.9. The maximum atomic E-state index is 14.2. The second kappa shape index (κ2) is 9.06. The number of benzene rings is 2. The average Bonchev–Trinajstić information content (AvgIpc) is 3.59. The first-order chi connectivity index (χ1) is 17.6. The van der Waals surface area contributed by atoms with E-state index in [1.165, 1.54) is 0 Å². The van der Waals surface area contributed by atoms with Crippen LogP contribution in [-0.2, 0) is 20.0 Å². The molecule has 0 unspecified atom stereocenters. The van der Waals surface area contributed by atoms with E-state index in [4.69, 9.17) is 4.74 Å². The van der Waals surface area contributed by atoms with Crippen molar-refractivity contribution in [3.05, 3.63) is 94.4 Å². The number of fused-ring (bicyclic) bond motifs is 1. The van der Waals surface area contributed by atoms with Crippen LogP contribution in [0.3, 0.4) is 0 Å². The summed E-state index contributed by atoms with van der Waals surface area (Å²) >= 11 is 0. The van der Waals surface area contributed by atoms with Crippen LogP contribution in [0, 0.1) is 27.7 Å². The number of aryl methyl sites for hydroxylation is 4. The van der Waals surface area contributed by atoms with Crippen molar-refractivity contribution in [3.63, 3.8) is 0 Å². The van der Waals surface area contributed by atoms with Crippen LogP contribution >= 0.6 is 0 Å². The van der Waals surface area contributed by atoms with E-state index >= 15 is 0 Å². The van der Waals surface area contributed by atoms with Crippen molar-refractivity contribution in [1.82, 2.24) is 9.97 Å². The summed E-state index contributed by atoms with van der Waals surface area (Å²) in [7, 11) is -2.37. The molecular weight excluding hydrogens is 484 g/mol. The third kappa shape index (κ3) is 4.31. The van der Waals surface area contributed by atoms with E-state index in [1.54, 1.807) is 37.4 Å². The minimum absolute atomic E-state index is 0.127. The predicted molar refractivity (Wildman–Crippen MR) is 144 cm³/mol. The quantitative estimate of drug-likeness (QED) is 0.331. The fourth-order valence-electron chi connectivity index (χ4n) is 5.51. The highest BCUT2D eigenvalue weighted by Gasteiger charge is 2.63. The number of hydrogen-bond donors (Lipinski definition) is 0. The highest BCUT2D eigenvalue weighted by Crippen LogP contribution is 2.63. The topological polar surface area (TPSA) is 86.2 Å². The van der Waals surface area contributed by atoms with Crippen molar-refractivity contribution in [2.45, 2.75) is 50.3 Å². The van der Waals surface area contributed by atoms with E-state index in [0.717, 1.165) is 33.8 Å². The van der Waals surface area contributed by atoms with Gasteiger partial charge in [-0.2, -0.15) is 0 Å². The van der Waals surface area contributed by atoms with Gasteiger partial charge in [0, 0.05) is 33.9 Å². The molecule has 37 heavy (non-hydrogen) atoms. The molecule has 0 aliphatic heterocycles. The summed E-state index contributed by atoms with van der Waals surface area (Å²) < 4.78 is 33.1. The summed E-state index contributed by atoms with van der Waals surface area (Å²) in [5.41, 5.74) is 4.80. The summed E-state index contributed by atoms with van der Waals surface area (Å²) in [4.78, 5) is 23.4. The van der Waals surface area contributed by atoms with Crippen LogP contribution in [0.4, 0.5) is 0 Å². The molecule has 0 amide bonds. The second-order valence-corrected chi connectivity index (χ2v) is 12.0. The first kappa shape index (κ1) is 25.1. The maximum Gasteiger partial charge on any atom is 0.186 e. The highest BCUT2D eigenvalue weighted by molar-refractivity contribution is 7.92. The van der Waals surface area contributed by atoms with Crippen LogP contribution < -0.4 is 4.74 Å². The van der Waals surface area contributed by atoms with Gasteiger partial charge in [-0.1, -0.05) is 29.8 Å². The van der Waals surface area contributed by atoms with Crippen molar-refractivity contribution < 1.29 is 17.9 Å². The molecule has 1 aliphatic rings. The lowest BCUT2D eigenvalue weighted by Gasteiger charge is -2.21. The number of aromatic nitrogens is 2. The smallest absolute Gasteiger partial charge is 0.186 e. The monoisotopic (exact) mass is 514 g/mol. The minimum Gasteiger partial charge on any atom is -0.496 e. The molecule has 0 radical (unpaired) electrons. The Kier molecular flexibility index (Phi) is 6.15. The number of ketones is 1. The van der Waals surface area contributed by atoms with Crippen LogP contribution in [-0.4, -0.2) is 37.0 Å². The molecule has 0 saturated heterocycles. The number of carbonyl (C=O) groups excluding carboxylic acids is 1. The highest BCUT2D eigenvalue weighted by atomic mass is 32.2. The Labute approximate surface area is 217 Å². The molecule has 0 spiro atoms. The summed E-state index contributed by atoms with van der Waals surface area (Å²) in [6.45, 7) is 7.68. The summed E-state index contributed by atoms with van der Waals surface area (Å²) in [6, 6.07) is 18.2. The van der Waals surface area contributed by atoms with Crippen molar-refractivity contribution >= 4 is 26.5 Å². The molecule has 1 aliphatic carbocycles. The second-order valence-electron chi connectivity index (χ2n) is 10.0. The number of carbonyl (C=O) groups is 1. The zero-order valence-electron chi connectivity index (χ0n) is 21.7. The first-order valence-electron chi connectivity index (χ1n) is 12.3. The number of ether oxygens (including phenoxy) is 1. The van der Waals surface area contributed by atoms with E-state index in [2.05, 4.69) is 9.97 Å². The molecule has 0 bridgehead atoms. The van der Waals surface area contributed by atoms with Crippen LogP contribution in [0.25, 0.3) is 10.9 Å².